The van der Waals surface area contributed by atoms with Gasteiger partial charge in [0, 0.05) is 19.3 Å². The standard InChI is InChI=1S/C75H122O6/c1-4-7-10-13-16-19-21-23-25-27-29-31-33-35-36-37-38-40-41-43-45-47-49-51-53-56-59-62-65-68-74(77)80-71-72(70-79-73(76)67-64-61-58-55-18-15-12-9-6-3)81-75(78)69-66-63-60-57-54-52-50-48-46-44-42-39-34-32-30-28-26-24-22-20-17-14-11-8-5-2/h7-8,10-11,16-17,19-20,23-26,29-32,35-36,38-40,42-43,45,72H,4-6,9,12-15,18,21-22,27-28,33-34,37,41,44,46-71H2,1-3H3/b10-7-,11-8-,19-16-,20-17-,25-23-,26-24-,31-29-,32-30-,36-35-,40-38-,42-39-,45-43-. The van der Waals surface area contributed by atoms with E-state index in [1.165, 1.54) is 103 Å². The highest BCUT2D eigenvalue weighted by Gasteiger charge is 2.19. The summed E-state index contributed by atoms with van der Waals surface area (Å²) in [5.41, 5.74) is 0. The summed E-state index contributed by atoms with van der Waals surface area (Å²) in [6.07, 6.45) is 97.2. The van der Waals surface area contributed by atoms with Crippen LogP contribution in [0.1, 0.15) is 290 Å². The summed E-state index contributed by atoms with van der Waals surface area (Å²) in [4.78, 5) is 38.3. The van der Waals surface area contributed by atoms with Crippen LogP contribution in [0.25, 0.3) is 0 Å². The maximum Gasteiger partial charge on any atom is 0.306 e. The van der Waals surface area contributed by atoms with Crippen molar-refractivity contribution in [1.82, 2.24) is 0 Å². The predicted molar refractivity (Wildman–Crippen MR) is 352 cm³/mol. The Morgan fingerprint density at radius 2 is 0.481 bits per heavy atom. The van der Waals surface area contributed by atoms with Crippen LogP contribution in [0, 0.1) is 0 Å². The van der Waals surface area contributed by atoms with Gasteiger partial charge in [0.1, 0.15) is 13.2 Å². The summed E-state index contributed by atoms with van der Waals surface area (Å²) in [5.74, 6) is -0.905. The summed E-state index contributed by atoms with van der Waals surface area (Å²) >= 11 is 0. The lowest BCUT2D eigenvalue weighted by atomic mass is 10.1. The van der Waals surface area contributed by atoms with Crippen LogP contribution in [0.2, 0.25) is 0 Å². The number of ether oxygens (including phenoxy) is 3. The van der Waals surface area contributed by atoms with Crippen molar-refractivity contribution in [2.24, 2.45) is 0 Å². The molecule has 0 aliphatic heterocycles. The third-order valence-electron chi connectivity index (χ3n) is 13.8. The Bertz CT molecular complexity index is 1760. The molecule has 0 saturated heterocycles. The normalized spacial score (nSPS) is 13.1. The summed E-state index contributed by atoms with van der Waals surface area (Å²) in [7, 11) is 0. The van der Waals surface area contributed by atoms with E-state index in [4.69, 9.17) is 14.2 Å². The van der Waals surface area contributed by atoms with Gasteiger partial charge in [-0.15, -0.1) is 0 Å². The second-order valence-corrected chi connectivity index (χ2v) is 21.6. The average Bonchev–Trinajstić information content (AvgIpc) is 3.47. The monoisotopic (exact) mass is 1120 g/mol. The summed E-state index contributed by atoms with van der Waals surface area (Å²) in [6.45, 7) is 6.39. The van der Waals surface area contributed by atoms with Crippen molar-refractivity contribution >= 4 is 17.9 Å². The van der Waals surface area contributed by atoms with E-state index in [1.54, 1.807) is 0 Å². The van der Waals surface area contributed by atoms with Gasteiger partial charge in [0.05, 0.1) is 0 Å². The van der Waals surface area contributed by atoms with Gasteiger partial charge in [-0.25, -0.2) is 0 Å². The van der Waals surface area contributed by atoms with Gasteiger partial charge < -0.3 is 14.2 Å². The van der Waals surface area contributed by atoms with Crippen molar-refractivity contribution in [2.45, 2.75) is 297 Å². The zero-order chi connectivity index (χ0) is 58.5. The molecular weight excluding hydrogens is 997 g/mol. The van der Waals surface area contributed by atoms with E-state index < -0.39 is 6.10 Å². The van der Waals surface area contributed by atoms with E-state index >= 15 is 0 Å². The van der Waals surface area contributed by atoms with Crippen molar-refractivity contribution in [3.05, 3.63) is 146 Å². The molecule has 1 unspecified atom stereocenters. The molecule has 6 nitrogen and oxygen atoms in total. The fraction of sp³-hybridized carbons (Fsp3) is 0.640. The molecule has 6 heteroatoms. The highest BCUT2D eigenvalue weighted by atomic mass is 16.6. The number of unbranched alkanes of at least 4 members (excludes halogenated alkanes) is 24. The highest BCUT2D eigenvalue weighted by Crippen LogP contribution is 2.15. The number of hydrogen-bond acceptors (Lipinski definition) is 6. The largest absolute Gasteiger partial charge is 0.462 e. The Morgan fingerprint density at radius 1 is 0.259 bits per heavy atom. The minimum atomic E-state index is -0.791. The maximum atomic E-state index is 12.9. The first-order valence-electron chi connectivity index (χ1n) is 33.3. The molecule has 0 aliphatic carbocycles. The van der Waals surface area contributed by atoms with Crippen molar-refractivity contribution in [3.8, 4) is 0 Å². The molecule has 0 rings (SSSR count). The molecule has 0 aromatic carbocycles. The molecular formula is C75H122O6. The second kappa shape index (κ2) is 67.8. The molecule has 0 radical (unpaired) electrons. The first-order valence-corrected chi connectivity index (χ1v) is 33.3. The van der Waals surface area contributed by atoms with E-state index in [0.29, 0.717) is 19.3 Å². The zero-order valence-corrected chi connectivity index (χ0v) is 52.5. The van der Waals surface area contributed by atoms with Gasteiger partial charge in [0.2, 0.25) is 0 Å². The molecule has 0 N–H and O–H groups in total. The Labute approximate surface area is 499 Å². The van der Waals surface area contributed by atoms with Crippen LogP contribution in [0.3, 0.4) is 0 Å². The van der Waals surface area contributed by atoms with Crippen molar-refractivity contribution in [1.29, 1.82) is 0 Å². The molecule has 0 saturated carbocycles. The first kappa shape index (κ1) is 76.3. The second-order valence-electron chi connectivity index (χ2n) is 21.6. The van der Waals surface area contributed by atoms with Crippen molar-refractivity contribution in [3.63, 3.8) is 0 Å². The summed E-state index contributed by atoms with van der Waals surface area (Å²) in [5, 5.41) is 0. The van der Waals surface area contributed by atoms with Crippen LogP contribution in [-0.2, 0) is 28.6 Å². The number of carbonyl (C=O) groups is 3. The molecule has 458 valence electrons. The molecule has 0 aromatic rings. The van der Waals surface area contributed by atoms with Crippen molar-refractivity contribution < 1.29 is 28.6 Å². The van der Waals surface area contributed by atoms with Crippen LogP contribution in [0.4, 0.5) is 0 Å². The topological polar surface area (TPSA) is 78.9 Å². The summed E-state index contributed by atoms with van der Waals surface area (Å²) < 4.78 is 16.9. The lowest BCUT2D eigenvalue weighted by Gasteiger charge is -2.18. The van der Waals surface area contributed by atoms with Crippen LogP contribution in [0.15, 0.2) is 146 Å². The molecule has 0 heterocycles. The predicted octanol–water partition coefficient (Wildman–Crippen LogP) is 23.1. The molecule has 1 atom stereocenters. The first-order chi connectivity index (χ1) is 40.0. The highest BCUT2D eigenvalue weighted by molar-refractivity contribution is 5.71. The minimum absolute atomic E-state index is 0.0864. The Hall–Kier alpha value is -4.71. The average molecular weight is 1120 g/mol. The maximum absolute atomic E-state index is 12.9. The van der Waals surface area contributed by atoms with Gasteiger partial charge >= 0.3 is 17.9 Å². The molecule has 0 aromatic heterocycles. The van der Waals surface area contributed by atoms with E-state index in [1.807, 2.05) is 0 Å². The number of esters is 3. The Kier molecular flexibility index (Phi) is 63.9. The van der Waals surface area contributed by atoms with Gasteiger partial charge in [0.25, 0.3) is 0 Å². The zero-order valence-electron chi connectivity index (χ0n) is 52.5. The van der Waals surface area contributed by atoms with Gasteiger partial charge in [-0.2, -0.15) is 0 Å². The van der Waals surface area contributed by atoms with Crippen LogP contribution >= 0.6 is 0 Å². The molecule has 0 spiro atoms. The molecule has 0 amide bonds. The molecule has 0 aliphatic rings. The van der Waals surface area contributed by atoms with E-state index in [9.17, 15) is 14.4 Å². The van der Waals surface area contributed by atoms with Gasteiger partial charge in [-0.1, -0.05) is 295 Å². The fourth-order valence-electron chi connectivity index (χ4n) is 8.92. The van der Waals surface area contributed by atoms with Gasteiger partial charge in [-0.05, 0) is 122 Å². The minimum Gasteiger partial charge on any atom is -0.462 e. The van der Waals surface area contributed by atoms with Crippen LogP contribution < -0.4 is 0 Å². The number of hydrogen-bond donors (Lipinski definition) is 0. The smallest absolute Gasteiger partial charge is 0.306 e. The van der Waals surface area contributed by atoms with E-state index in [0.717, 1.165) is 148 Å². The van der Waals surface area contributed by atoms with Crippen LogP contribution in [0.5, 0.6) is 0 Å². The van der Waals surface area contributed by atoms with E-state index in [2.05, 4.69) is 167 Å². The SMILES string of the molecule is CC/C=C\C/C=C\C/C=C\C/C=C\C/C=C\C/C=C\C/C=C\CCCCCCCCCC(=O)OCC(COC(=O)CCCCCCCCCCC)OC(=O)CCCCCCCCCCC/C=C\C/C=C\C/C=C\C/C=C\C/C=C\CC. The molecule has 0 fully saturated rings. The lowest BCUT2D eigenvalue weighted by Crippen LogP contribution is -2.30. The fourth-order valence-corrected chi connectivity index (χ4v) is 8.92. The molecule has 81 heavy (non-hydrogen) atoms. The summed E-state index contributed by atoms with van der Waals surface area (Å²) in [6, 6.07) is 0. The van der Waals surface area contributed by atoms with Gasteiger partial charge in [0.15, 0.2) is 6.10 Å². The number of carbonyl (C=O) groups excluding carboxylic acids is 3. The van der Waals surface area contributed by atoms with Crippen molar-refractivity contribution in [2.75, 3.05) is 13.2 Å². The quantitative estimate of drug-likeness (QED) is 0.0261. The van der Waals surface area contributed by atoms with Crippen LogP contribution in [-0.4, -0.2) is 37.2 Å². The lowest BCUT2D eigenvalue weighted by molar-refractivity contribution is -0.167. The van der Waals surface area contributed by atoms with E-state index in [-0.39, 0.29) is 31.1 Å². The van der Waals surface area contributed by atoms with Gasteiger partial charge in [-0.3, -0.25) is 14.4 Å². The third kappa shape index (κ3) is 66.0. The third-order valence-corrected chi connectivity index (χ3v) is 13.8. The Balaban J connectivity index is 4.27. The number of rotatable bonds is 59. The molecule has 0 bridgehead atoms. The Morgan fingerprint density at radius 3 is 0.753 bits per heavy atom. The number of allylic oxidation sites excluding steroid dienone is 24.